The quantitative estimate of drug-likeness (QED) is 0.386. The van der Waals surface area contributed by atoms with Gasteiger partial charge in [-0.3, -0.25) is 4.92 Å². The standard InChI is InChI=1S/C4H7BN2O2/c8-5(9)7-4-2-1-3-6-7/h1-4,6,8-9H. The van der Waals surface area contributed by atoms with Crippen LogP contribution in [0.25, 0.3) is 0 Å². The maximum Gasteiger partial charge on any atom is 0.607 e. The molecule has 0 radical (unpaired) electrons. The van der Waals surface area contributed by atoms with Crippen LogP contribution in [-0.4, -0.2) is 22.2 Å². The molecule has 9 heavy (non-hydrogen) atoms. The highest BCUT2D eigenvalue weighted by Gasteiger charge is 2.15. The topological polar surface area (TPSA) is 55.7 Å². The first-order valence-corrected chi connectivity index (χ1v) is 2.55. The second-order valence-corrected chi connectivity index (χ2v) is 1.58. The molecule has 0 atom stereocenters. The van der Waals surface area contributed by atoms with Crippen molar-refractivity contribution in [1.82, 2.24) is 10.3 Å². The van der Waals surface area contributed by atoms with Crippen LogP contribution in [0.1, 0.15) is 0 Å². The van der Waals surface area contributed by atoms with Gasteiger partial charge < -0.3 is 15.5 Å². The van der Waals surface area contributed by atoms with Crippen molar-refractivity contribution in [3.63, 3.8) is 0 Å². The fourth-order valence-corrected chi connectivity index (χ4v) is 0.514. The lowest BCUT2D eigenvalue weighted by atomic mass is 10.1. The molecule has 0 fully saturated rings. The van der Waals surface area contributed by atoms with E-state index in [0.29, 0.717) is 0 Å². The SMILES string of the molecule is OB(O)N1C=CC=CN1. The van der Waals surface area contributed by atoms with E-state index in [2.05, 4.69) is 5.43 Å². The molecule has 0 saturated carbocycles. The summed E-state index contributed by atoms with van der Waals surface area (Å²) in [5.41, 5.74) is 2.58. The second kappa shape index (κ2) is 2.57. The molecule has 0 unspecified atom stereocenters. The van der Waals surface area contributed by atoms with Gasteiger partial charge in [0.05, 0.1) is 0 Å². The Kier molecular flexibility index (Phi) is 1.76. The van der Waals surface area contributed by atoms with E-state index < -0.39 is 7.25 Å². The lowest BCUT2D eigenvalue weighted by Gasteiger charge is -2.19. The summed E-state index contributed by atoms with van der Waals surface area (Å²) in [4.78, 5) is 1.15. The van der Waals surface area contributed by atoms with Crippen LogP contribution in [0.15, 0.2) is 24.6 Å². The normalized spacial score (nSPS) is 15.6. The van der Waals surface area contributed by atoms with Crippen molar-refractivity contribution in [3.8, 4) is 0 Å². The van der Waals surface area contributed by atoms with Gasteiger partial charge in [0.2, 0.25) is 0 Å². The van der Waals surface area contributed by atoms with Gasteiger partial charge >= 0.3 is 7.25 Å². The monoisotopic (exact) mass is 126 g/mol. The number of nitrogens with one attached hydrogen (secondary N) is 1. The highest BCUT2D eigenvalue weighted by Crippen LogP contribution is 1.91. The predicted molar refractivity (Wildman–Crippen MR) is 33.4 cm³/mol. The van der Waals surface area contributed by atoms with Crippen LogP contribution in [-0.2, 0) is 0 Å². The van der Waals surface area contributed by atoms with Crippen LogP contribution in [0.2, 0.25) is 0 Å². The molecule has 0 aromatic rings. The van der Waals surface area contributed by atoms with E-state index in [1.54, 1.807) is 18.4 Å². The molecule has 0 aromatic carbocycles. The van der Waals surface area contributed by atoms with Crippen LogP contribution < -0.4 is 5.43 Å². The minimum absolute atomic E-state index is 1.15. The molecule has 4 nitrogen and oxygen atoms in total. The van der Waals surface area contributed by atoms with E-state index in [4.69, 9.17) is 10.0 Å². The first kappa shape index (κ1) is 6.19. The number of nitrogens with zero attached hydrogens (tertiary/aromatic N) is 1. The van der Waals surface area contributed by atoms with Crippen molar-refractivity contribution in [2.45, 2.75) is 0 Å². The Morgan fingerprint density at radius 1 is 1.33 bits per heavy atom. The summed E-state index contributed by atoms with van der Waals surface area (Å²) in [5.74, 6) is 0. The van der Waals surface area contributed by atoms with E-state index in [1.165, 1.54) is 6.20 Å². The fourth-order valence-electron chi connectivity index (χ4n) is 0.514. The highest BCUT2D eigenvalue weighted by atomic mass is 16.4. The van der Waals surface area contributed by atoms with Crippen LogP contribution >= 0.6 is 0 Å². The third-order valence-corrected chi connectivity index (χ3v) is 0.926. The first-order chi connectivity index (χ1) is 4.30. The maximum atomic E-state index is 8.51. The summed E-state index contributed by atoms with van der Waals surface area (Å²) in [6.45, 7) is 0. The summed E-state index contributed by atoms with van der Waals surface area (Å²) in [7, 11) is -1.48. The molecule has 1 heterocycles. The lowest BCUT2D eigenvalue weighted by Crippen LogP contribution is -2.43. The Bertz CT molecular complexity index is 146. The molecule has 1 rings (SSSR count). The molecule has 0 spiro atoms. The third kappa shape index (κ3) is 1.48. The van der Waals surface area contributed by atoms with E-state index in [1.807, 2.05) is 0 Å². The third-order valence-electron chi connectivity index (χ3n) is 0.926. The van der Waals surface area contributed by atoms with Gasteiger partial charge in [-0.05, 0) is 12.2 Å². The first-order valence-electron chi connectivity index (χ1n) is 2.55. The zero-order valence-corrected chi connectivity index (χ0v) is 4.73. The van der Waals surface area contributed by atoms with Gasteiger partial charge in [0.25, 0.3) is 0 Å². The van der Waals surface area contributed by atoms with Gasteiger partial charge in [-0.15, -0.1) is 0 Å². The molecule has 5 heteroatoms. The summed E-state index contributed by atoms with van der Waals surface area (Å²) >= 11 is 0. The highest BCUT2D eigenvalue weighted by molar-refractivity contribution is 6.37. The van der Waals surface area contributed by atoms with Gasteiger partial charge in [-0.25, -0.2) is 0 Å². The Morgan fingerprint density at radius 2 is 2.11 bits per heavy atom. The van der Waals surface area contributed by atoms with Crippen LogP contribution in [0.3, 0.4) is 0 Å². The number of hydrogen-bond acceptors (Lipinski definition) is 4. The molecule has 1 aliphatic rings. The Balaban J connectivity index is 2.46. The molecule has 0 saturated heterocycles. The number of rotatable bonds is 1. The van der Waals surface area contributed by atoms with E-state index in [-0.39, 0.29) is 0 Å². The summed E-state index contributed by atoms with van der Waals surface area (Å²) in [5, 5.41) is 17.0. The van der Waals surface area contributed by atoms with Crippen molar-refractivity contribution < 1.29 is 10.0 Å². The number of hydrogen-bond donors (Lipinski definition) is 3. The van der Waals surface area contributed by atoms with Crippen molar-refractivity contribution in [3.05, 3.63) is 24.6 Å². The van der Waals surface area contributed by atoms with Crippen LogP contribution in [0.5, 0.6) is 0 Å². The minimum atomic E-state index is -1.48. The van der Waals surface area contributed by atoms with Crippen molar-refractivity contribution in [2.75, 3.05) is 0 Å². The Hall–Kier alpha value is -0.935. The molecule has 1 aliphatic heterocycles. The average molecular weight is 126 g/mol. The van der Waals surface area contributed by atoms with Gasteiger partial charge in [0, 0.05) is 12.4 Å². The Morgan fingerprint density at radius 3 is 2.44 bits per heavy atom. The van der Waals surface area contributed by atoms with Crippen molar-refractivity contribution >= 4 is 7.25 Å². The largest absolute Gasteiger partial charge is 0.607 e. The zero-order valence-electron chi connectivity index (χ0n) is 4.73. The molecular weight excluding hydrogens is 119 g/mol. The fraction of sp³-hybridized carbons (Fsp3) is 0. The second-order valence-electron chi connectivity index (χ2n) is 1.58. The molecule has 48 valence electrons. The molecule has 0 aromatic heterocycles. The van der Waals surface area contributed by atoms with Crippen molar-refractivity contribution in [2.24, 2.45) is 0 Å². The molecule has 0 aliphatic carbocycles. The summed E-state index contributed by atoms with van der Waals surface area (Å²) < 4.78 is 0. The average Bonchev–Trinajstić information content (AvgIpc) is 1.90. The molecular formula is C4H7BN2O2. The number of allylic oxidation sites excluding steroid dienone is 2. The minimum Gasteiger partial charge on any atom is -0.407 e. The summed E-state index contributed by atoms with van der Waals surface area (Å²) in [6.07, 6.45) is 6.55. The van der Waals surface area contributed by atoms with Crippen LogP contribution in [0.4, 0.5) is 0 Å². The smallest absolute Gasteiger partial charge is 0.407 e. The Labute approximate surface area is 53.2 Å². The zero-order chi connectivity index (χ0) is 6.69. The predicted octanol–water partition coefficient (Wildman–Crippen LogP) is -1.20. The van der Waals surface area contributed by atoms with Gasteiger partial charge in [0.1, 0.15) is 0 Å². The molecule has 0 amide bonds. The van der Waals surface area contributed by atoms with Crippen LogP contribution in [0, 0.1) is 0 Å². The van der Waals surface area contributed by atoms with E-state index >= 15 is 0 Å². The van der Waals surface area contributed by atoms with Gasteiger partial charge in [0.15, 0.2) is 0 Å². The maximum absolute atomic E-state index is 8.51. The van der Waals surface area contributed by atoms with E-state index in [9.17, 15) is 0 Å². The van der Waals surface area contributed by atoms with Gasteiger partial charge in [-0.1, -0.05) is 0 Å². The molecule has 0 bridgehead atoms. The number of hydrazine groups is 1. The van der Waals surface area contributed by atoms with Gasteiger partial charge in [-0.2, -0.15) is 0 Å². The molecule has 3 N–H and O–H groups in total. The lowest BCUT2D eigenvalue weighted by molar-refractivity contribution is 0.288. The van der Waals surface area contributed by atoms with E-state index in [0.717, 1.165) is 4.92 Å². The van der Waals surface area contributed by atoms with Crippen molar-refractivity contribution in [1.29, 1.82) is 0 Å². The summed E-state index contributed by atoms with van der Waals surface area (Å²) in [6, 6.07) is 0.